The van der Waals surface area contributed by atoms with E-state index in [1.807, 2.05) is 32.9 Å². The van der Waals surface area contributed by atoms with Crippen LogP contribution in [0, 0.1) is 0 Å². The highest BCUT2D eigenvalue weighted by Crippen LogP contribution is 2.36. The molecule has 2 aliphatic rings. The van der Waals surface area contributed by atoms with Gasteiger partial charge < -0.3 is 15.4 Å². The topological polar surface area (TPSA) is 136 Å². The van der Waals surface area contributed by atoms with Crippen LogP contribution in [0.5, 0.6) is 0 Å². The normalized spacial score (nSPS) is 20.3. The van der Waals surface area contributed by atoms with Crippen molar-refractivity contribution in [1.29, 1.82) is 0 Å². The molecule has 1 saturated heterocycles. The molecule has 2 aromatic carbocycles. The highest BCUT2D eigenvalue weighted by Gasteiger charge is 2.38. The van der Waals surface area contributed by atoms with Gasteiger partial charge in [0.05, 0.1) is 27.3 Å². The van der Waals surface area contributed by atoms with Crippen molar-refractivity contribution in [3.05, 3.63) is 72.0 Å². The largest absolute Gasteiger partial charge is 0.444 e. The summed E-state index contributed by atoms with van der Waals surface area (Å²) in [6.45, 7) is 5.93. The van der Waals surface area contributed by atoms with Gasteiger partial charge in [-0.15, -0.1) is 0 Å². The Balaban J connectivity index is 1.18. The number of carbonyl (C=O) groups excluding carboxylic acids is 2. The first kappa shape index (κ1) is 32.8. The lowest BCUT2D eigenvalue weighted by atomic mass is 9.90. The molecule has 0 bridgehead atoms. The van der Waals surface area contributed by atoms with Crippen molar-refractivity contribution in [3.63, 3.8) is 0 Å². The third kappa shape index (κ3) is 7.08. The predicted molar refractivity (Wildman–Crippen MR) is 181 cm³/mol. The minimum absolute atomic E-state index is 0.0200. The quantitative estimate of drug-likeness (QED) is 0.235. The molecular formula is C34H39ClN6O5S. The summed E-state index contributed by atoms with van der Waals surface area (Å²) in [7, 11) is -3.89. The second-order valence-electron chi connectivity index (χ2n) is 13.1. The molecule has 47 heavy (non-hydrogen) atoms. The number of amides is 2. The lowest BCUT2D eigenvalue weighted by Gasteiger charge is -2.32. The zero-order valence-corrected chi connectivity index (χ0v) is 28.2. The molecule has 248 valence electrons. The van der Waals surface area contributed by atoms with Crippen LogP contribution in [0.4, 0.5) is 10.7 Å². The molecule has 13 heteroatoms. The van der Waals surface area contributed by atoms with Gasteiger partial charge in [-0.2, -0.15) is 0 Å². The number of halogens is 1. The first-order chi connectivity index (χ1) is 22.4. The Bertz CT molecular complexity index is 1890. The molecule has 0 unspecified atom stereocenters. The van der Waals surface area contributed by atoms with Crippen molar-refractivity contribution in [2.75, 3.05) is 11.9 Å². The molecule has 1 saturated carbocycles. The first-order valence-electron chi connectivity index (χ1n) is 15.9. The van der Waals surface area contributed by atoms with E-state index in [0.29, 0.717) is 47.5 Å². The minimum Gasteiger partial charge on any atom is -0.444 e. The molecule has 2 fully saturated rings. The maximum absolute atomic E-state index is 13.6. The number of benzene rings is 2. The summed E-state index contributed by atoms with van der Waals surface area (Å²) in [4.78, 5) is 36.9. The van der Waals surface area contributed by atoms with Crippen LogP contribution in [0.1, 0.15) is 59.3 Å². The molecule has 2 N–H and O–H groups in total. The van der Waals surface area contributed by atoms with E-state index in [0.717, 1.165) is 25.7 Å². The van der Waals surface area contributed by atoms with Crippen LogP contribution in [0.2, 0.25) is 5.02 Å². The summed E-state index contributed by atoms with van der Waals surface area (Å²) >= 11 is 6.63. The average molecular weight is 679 g/mol. The van der Waals surface area contributed by atoms with Gasteiger partial charge in [-0.1, -0.05) is 48.0 Å². The Kier molecular flexibility index (Phi) is 9.17. The van der Waals surface area contributed by atoms with Crippen LogP contribution in [-0.2, 0) is 19.6 Å². The van der Waals surface area contributed by atoms with Crippen LogP contribution in [0.25, 0.3) is 22.2 Å². The number of anilines is 1. The Morgan fingerprint density at radius 3 is 2.47 bits per heavy atom. The number of hydrogen-bond acceptors (Lipinski definition) is 8. The number of aromatic nitrogens is 3. The third-order valence-electron chi connectivity index (χ3n) is 8.51. The standard InChI is InChI=1S/C34H39ClN6O5S/c1-34(2,3)46-33(43)40-18-10-17-29(40)31(42)37-22-11-9-12-23(19-22)38-32-36-20-27(35)30(39-32)26-21-41(28-16-8-7-15-25(26)28)47(44,45)24-13-5-4-6-14-24/h4-8,13-16,20-23,29H,9-12,17-19H2,1-3H3,(H,37,42)(H,36,38,39)/t22-,23+,29-/m0/s1. The van der Waals surface area contributed by atoms with Gasteiger partial charge in [-0.05, 0) is 77.5 Å². The predicted octanol–water partition coefficient (Wildman–Crippen LogP) is 6.23. The molecule has 2 aromatic heterocycles. The number of rotatable bonds is 7. The average Bonchev–Trinajstić information content (AvgIpc) is 3.68. The van der Waals surface area contributed by atoms with Crippen molar-refractivity contribution >= 4 is 50.5 Å². The highest BCUT2D eigenvalue weighted by atomic mass is 35.5. The number of fused-ring (bicyclic) bond motifs is 1. The summed E-state index contributed by atoms with van der Waals surface area (Å²) in [5, 5.41) is 7.56. The summed E-state index contributed by atoms with van der Waals surface area (Å²) in [5.41, 5.74) is 0.847. The van der Waals surface area contributed by atoms with E-state index in [4.69, 9.17) is 21.3 Å². The van der Waals surface area contributed by atoms with Gasteiger partial charge in [0.25, 0.3) is 10.0 Å². The molecule has 0 radical (unpaired) electrons. The summed E-state index contributed by atoms with van der Waals surface area (Å²) in [5.74, 6) is 0.196. The van der Waals surface area contributed by atoms with Crippen LogP contribution in [0.15, 0.2) is 71.9 Å². The fraction of sp³-hybridized carbons (Fsp3) is 0.412. The number of carbonyl (C=O) groups is 2. The maximum atomic E-state index is 13.6. The SMILES string of the molecule is CC(C)(C)OC(=O)N1CCC[C@H]1C(=O)N[C@H]1CCC[C@@H](Nc2ncc(Cl)c(-c3cn(S(=O)(=O)c4ccccc4)c4ccccc34)n2)C1. The van der Waals surface area contributed by atoms with Crippen LogP contribution in [0.3, 0.4) is 0 Å². The zero-order chi connectivity index (χ0) is 33.3. The number of para-hydroxylation sites is 1. The van der Waals surface area contributed by atoms with E-state index in [1.165, 1.54) is 15.1 Å². The number of nitrogens with one attached hydrogen (secondary N) is 2. The monoisotopic (exact) mass is 678 g/mol. The van der Waals surface area contributed by atoms with E-state index >= 15 is 0 Å². The molecule has 1 aliphatic heterocycles. The number of likely N-dealkylation sites (tertiary alicyclic amines) is 1. The minimum atomic E-state index is -3.89. The molecule has 2 amide bonds. The maximum Gasteiger partial charge on any atom is 0.410 e. The Hall–Kier alpha value is -4.16. The van der Waals surface area contributed by atoms with Crippen LogP contribution >= 0.6 is 11.6 Å². The first-order valence-corrected chi connectivity index (χ1v) is 17.7. The Labute approximate surface area is 279 Å². The molecule has 0 spiro atoms. The van der Waals surface area contributed by atoms with Gasteiger partial charge in [0.2, 0.25) is 11.9 Å². The fourth-order valence-electron chi connectivity index (χ4n) is 6.38. The van der Waals surface area contributed by atoms with Crippen molar-refractivity contribution in [2.24, 2.45) is 0 Å². The van der Waals surface area contributed by atoms with Gasteiger partial charge in [-0.3, -0.25) is 9.69 Å². The van der Waals surface area contributed by atoms with Crippen LogP contribution in [-0.4, -0.2) is 69.5 Å². The number of ether oxygens (including phenoxy) is 1. The molecule has 4 aromatic rings. The van der Waals surface area contributed by atoms with E-state index in [2.05, 4.69) is 15.6 Å². The van der Waals surface area contributed by atoms with Gasteiger partial charge in [0.1, 0.15) is 11.6 Å². The molecule has 6 rings (SSSR count). The summed E-state index contributed by atoms with van der Waals surface area (Å²) in [6, 6.07) is 14.9. The van der Waals surface area contributed by atoms with Crippen molar-refractivity contribution in [2.45, 2.75) is 87.9 Å². The molecule has 3 atom stereocenters. The Morgan fingerprint density at radius 2 is 1.70 bits per heavy atom. The number of hydrogen-bond donors (Lipinski definition) is 2. The van der Waals surface area contributed by atoms with Crippen molar-refractivity contribution in [1.82, 2.24) is 24.2 Å². The second-order valence-corrected chi connectivity index (χ2v) is 15.3. The molecule has 1 aliphatic carbocycles. The lowest BCUT2D eigenvalue weighted by molar-refractivity contribution is -0.126. The molecule has 11 nitrogen and oxygen atoms in total. The molecule has 3 heterocycles. The van der Waals surface area contributed by atoms with E-state index < -0.39 is 27.8 Å². The van der Waals surface area contributed by atoms with Gasteiger partial charge >= 0.3 is 6.09 Å². The fourth-order valence-corrected chi connectivity index (χ4v) is 7.96. The van der Waals surface area contributed by atoms with Gasteiger partial charge in [-0.25, -0.2) is 27.2 Å². The van der Waals surface area contributed by atoms with E-state index in [9.17, 15) is 18.0 Å². The lowest BCUT2D eigenvalue weighted by Crippen LogP contribution is -2.51. The summed E-state index contributed by atoms with van der Waals surface area (Å²) in [6.07, 6.45) is 7.17. The zero-order valence-electron chi connectivity index (χ0n) is 26.6. The van der Waals surface area contributed by atoms with Crippen molar-refractivity contribution < 1.29 is 22.7 Å². The van der Waals surface area contributed by atoms with E-state index in [1.54, 1.807) is 48.7 Å². The van der Waals surface area contributed by atoms with Crippen LogP contribution < -0.4 is 10.6 Å². The Morgan fingerprint density at radius 1 is 0.979 bits per heavy atom. The number of nitrogens with zero attached hydrogens (tertiary/aromatic N) is 4. The highest BCUT2D eigenvalue weighted by molar-refractivity contribution is 7.90. The van der Waals surface area contributed by atoms with Gasteiger partial charge in [0, 0.05) is 35.8 Å². The second kappa shape index (κ2) is 13.2. The van der Waals surface area contributed by atoms with Gasteiger partial charge in [0.15, 0.2) is 0 Å². The van der Waals surface area contributed by atoms with Crippen molar-refractivity contribution in [3.8, 4) is 11.3 Å². The third-order valence-corrected chi connectivity index (χ3v) is 10.5. The van der Waals surface area contributed by atoms with E-state index in [-0.39, 0.29) is 27.9 Å². The summed E-state index contributed by atoms with van der Waals surface area (Å²) < 4.78 is 34.1. The smallest absolute Gasteiger partial charge is 0.410 e. The molecular weight excluding hydrogens is 640 g/mol.